The van der Waals surface area contributed by atoms with Gasteiger partial charge < -0.3 is 10.7 Å². The maximum atomic E-state index is 5.75. The summed E-state index contributed by atoms with van der Waals surface area (Å²) in [6, 6.07) is 5.66. The standard InChI is InChI=1S/C12H11N5S2/c13-7-3-4-8-9(5-7)15-11(14-8)18-12-16-10(17-19-12)6-1-2-6/h3-6H,1-2,13H2,(H,14,15). The Morgan fingerprint density at radius 3 is 3.05 bits per heavy atom. The molecule has 3 N–H and O–H groups in total. The Morgan fingerprint density at radius 1 is 1.32 bits per heavy atom. The molecule has 1 aliphatic carbocycles. The molecule has 19 heavy (non-hydrogen) atoms. The maximum absolute atomic E-state index is 5.75. The van der Waals surface area contributed by atoms with Crippen LogP contribution in [0.15, 0.2) is 27.7 Å². The lowest BCUT2D eigenvalue weighted by Crippen LogP contribution is -1.82. The number of anilines is 1. The highest BCUT2D eigenvalue weighted by Crippen LogP contribution is 2.40. The smallest absolute Gasteiger partial charge is 0.177 e. The van der Waals surface area contributed by atoms with E-state index in [9.17, 15) is 0 Å². The molecule has 0 aliphatic heterocycles. The number of nitrogens with one attached hydrogen (secondary N) is 1. The number of hydrogen-bond donors (Lipinski definition) is 2. The molecule has 4 rings (SSSR count). The van der Waals surface area contributed by atoms with Crippen LogP contribution >= 0.6 is 23.3 Å². The van der Waals surface area contributed by atoms with Crippen LogP contribution in [0.3, 0.4) is 0 Å². The number of fused-ring (bicyclic) bond motifs is 1. The van der Waals surface area contributed by atoms with Crippen molar-refractivity contribution in [3.05, 3.63) is 24.0 Å². The van der Waals surface area contributed by atoms with Crippen molar-refractivity contribution in [1.29, 1.82) is 0 Å². The van der Waals surface area contributed by atoms with Crippen molar-refractivity contribution in [3.8, 4) is 0 Å². The second-order valence-electron chi connectivity index (χ2n) is 4.61. The highest BCUT2D eigenvalue weighted by molar-refractivity contribution is 8.00. The number of nitrogens with zero attached hydrogens (tertiary/aromatic N) is 3. The molecule has 0 radical (unpaired) electrons. The van der Waals surface area contributed by atoms with E-state index in [0.29, 0.717) is 5.92 Å². The first-order chi connectivity index (χ1) is 9.28. The van der Waals surface area contributed by atoms with E-state index in [1.165, 1.54) is 36.1 Å². The predicted octanol–water partition coefficient (Wildman–Crippen LogP) is 3.03. The largest absolute Gasteiger partial charge is 0.399 e. The van der Waals surface area contributed by atoms with Crippen LogP contribution in [0.4, 0.5) is 5.69 Å². The lowest BCUT2D eigenvalue weighted by molar-refractivity contribution is 0.956. The molecule has 2 heterocycles. The third kappa shape index (κ3) is 2.19. The molecule has 7 heteroatoms. The van der Waals surface area contributed by atoms with Gasteiger partial charge in [0, 0.05) is 11.6 Å². The highest BCUT2D eigenvalue weighted by atomic mass is 32.2. The fourth-order valence-corrected chi connectivity index (χ4v) is 3.51. The third-order valence-corrected chi connectivity index (χ3v) is 4.69. The molecule has 0 spiro atoms. The van der Waals surface area contributed by atoms with Gasteiger partial charge in [0.15, 0.2) is 9.50 Å². The van der Waals surface area contributed by atoms with Crippen LogP contribution in [0.2, 0.25) is 0 Å². The van der Waals surface area contributed by atoms with Crippen molar-refractivity contribution in [1.82, 2.24) is 19.3 Å². The van der Waals surface area contributed by atoms with E-state index in [1.807, 2.05) is 18.2 Å². The van der Waals surface area contributed by atoms with E-state index in [1.54, 1.807) is 0 Å². The van der Waals surface area contributed by atoms with Gasteiger partial charge in [-0.2, -0.15) is 4.37 Å². The number of aromatic amines is 1. The summed E-state index contributed by atoms with van der Waals surface area (Å²) in [5.41, 5.74) is 8.36. The predicted molar refractivity (Wildman–Crippen MR) is 76.5 cm³/mol. The van der Waals surface area contributed by atoms with Crippen molar-refractivity contribution in [2.45, 2.75) is 28.3 Å². The molecule has 0 amide bonds. The first-order valence-corrected chi connectivity index (χ1v) is 7.63. The lowest BCUT2D eigenvalue weighted by Gasteiger charge is -1.90. The SMILES string of the molecule is Nc1ccc2nc(Sc3nc(C4CC4)ns3)[nH]c2c1. The van der Waals surface area contributed by atoms with E-state index in [0.717, 1.165) is 32.0 Å². The molecule has 1 aromatic carbocycles. The van der Waals surface area contributed by atoms with Gasteiger partial charge in [0.25, 0.3) is 0 Å². The van der Waals surface area contributed by atoms with E-state index < -0.39 is 0 Å². The van der Waals surface area contributed by atoms with Crippen LogP contribution in [-0.2, 0) is 0 Å². The second kappa shape index (κ2) is 4.21. The molecule has 1 fully saturated rings. The number of rotatable bonds is 3. The molecule has 2 aromatic heterocycles. The van der Waals surface area contributed by atoms with Gasteiger partial charge in [-0.15, -0.1) is 0 Å². The normalized spacial score (nSPS) is 15.2. The highest BCUT2D eigenvalue weighted by Gasteiger charge is 2.28. The Labute approximate surface area is 117 Å². The van der Waals surface area contributed by atoms with Gasteiger partial charge in [-0.25, -0.2) is 9.97 Å². The zero-order valence-corrected chi connectivity index (χ0v) is 11.6. The van der Waals surface area contributed by atoms with E-state index >= 15 is 0 Å². The fourth-order valence-electron chi connectivity index (χ4n) is 1.90. The average molecular weight is 289 g/mol. The Morgan fingerprint density at radius 2 is 2.21 bits per heavy atom. The van der Waals surface area contributed by atoms with Crippen LogP contribution in [0.25, 0.3) is 11.0 Å². The van der Waals surface area contributed by atoms with Crippen LogP contribution < -0.4 is 5.73 Å². The van der Waals surface area contributed by atoms with Crippen molar-refractivity contribution < 1.29 is 0 Å². The van der Waals surface area contributed by atoms with E-state index in [-0.39, 0.29) is 0 Å². The molecule has 1 saturated carbocycles. The van der Waals surface area contributed by atoms with Gasteiger partial charge in [0.05, 0.1) is 11.0 Å². The van der Waals surface area contributed by atoms with Crippen LogP contribution in [0.1, 0.15) is 24.6 Å². The molecule has 0 unspecified atom stereocenters. The fraction of sp³-hybridized carbons (Fsp3) is 0.250. The Hall–Kier alpha value is -1.60. The van der Waals surface area contributed by atoms with Crippen molar-refractivity contribution in [2.24, 2.45) is 0 Å². The van der Waals surface area contributed by atoms with E-state index in [4.69, 9.17) is 5.73 Å². The first-order valence-electron chi connectivity index (χ1n) is 6.04. The Kier molecular flexibility index (Phi) is 2.49. The number of nitrogen functional groups attached to an aromatic ring is 1. The van der Waals surface area contributed by atoms with Gasteiger partial charge in [-0.05, 0) is 54.3 Å². The summed E-state index contributed by atoms with van der Waals surface area (Å²) in [6.07, 6.45) is 2.45. The quantitative estimate of drug-likeness (QED) is 0.724. The number of imidazole rings is 1. The van der Waals surface area contributed by atoms with Crippen molar-refractivity contribution in [2.75, 3.05) is 5.73 Å². The summed E-state index contributed by atoms with van der Waals surface area (Å²) >= 11 is 2.97. The van der Waals surface area contributed by atoms with Crippen LogP contribution in [0.5, 0.6) is 0 Å². The summed E-state index contributed by atoms with van der Waals surface area (Å²) < 4.78 is 5.33. The van der Waals surface area contributed by atoms with Gasteiger partial charge >= 0.3 is 0 Å². The molecule has 1 aliphatic rings. The van der Waals surface area contributed by atoms with Gasteiger partial charge in [0.1, 0.15) is 5.82 Å². The molecule has 0 atom stereocenters. The number of benzene rings is 1. The first kappa shape index (κ1) is 11.2. The second-order valence-corrected chi connectivity index (χ2v) is 6.60. The lowest BCUT2D eigenvalue weighted by atomic mass is 10.3. The Balaban J connectivity index is 1.62. The zero-order chi connectivity index (χ0) is 12.8. The molecule has 3 aromatic rings. The van der Waals surface area contributed by atoms with Gasteiger partial charge in [0.2, 0.25) is 0 Å². The number of nitrogens with two attached hydrogens (primary N) is 1. The number of H-pyrrole nitrogens is 1. The average Bonchev–Trinajstić information content (AvgIpc) is 3.01. The van der Waals surface area contributed by atoms with Crippen molar-refractivity contribution >= 4 is 40.0 Å². The zero-order valence-electron chi connectivity index (χ0n) is 9.96. The topological polar surface area (TPSA) is 80.5 Å². The summed E-state index contributed by atoms with van der Waals surface area (Å²) in [4.78, 5) is 12.3. The minimum atomic E-state index is 0.598. The minimum Gasteiger partial charge on any atom is -0.399 e. The maximum Gasteiger partial charge on any atom is 0.177 e. The molecular weight excluding hydrogens is 278 g/mol. The van der Waals surface area contributed by atoms with Gasteiger partial charge in [-0.3, -0.25) is 0 Å². The summed E-state index contributed by atoms with van der Waals surface area (Å²) in [5.74, 6) is 1.59. The molecule has 0 saturated heterocycles. The number of aromatic nitrogens is 4. The van der Waals surface area contributed by atoms with Crippen molar-refractivity contribution in [3.63, 3.8) is 0 Å². The summed E-state index contributed by atoms with van der Waals surface area (Å²) in [7, 11) is 0. The summed E-state index contributed by atoms with van der Waals surface area (Å²) in [6.45, 7) is 0. The number of hydrogen-bond acceptors (Lipinski definition) is 6. The molecule has 0 bridgehead atoms. The van der Waals surface area contributed by atoms with E-state index in [2.05, 4.69) is 19.3 Å². The van der Waals surface area contributed by atoms with Crippen LogP contribution in [0, 0.1) is 0 Å². The Bertz CT molecular complexity index is 744. The van der Waals surface area contributed by atoms with Gasteiger partial charge in [-0.1, -0.05) is 0 Å². The summed E-state index contributed by atoms with van der Waals surface area (Å²) in [5, 5.41) is 0.832. The molecule has 5 nitrogen and oxygen atoms in total. The van der Waals surface area contributed by atoms with Crippen LogP contribution in [-0.4, -0.2) is 19.3 Å². The monoisotopic (exact) mass is 289 g/mol. The minimum absolute atomic E-state index is 0.598. The third-order valence-electron chi connectivity index (χ3n) is 3.03. The molecular formula is C12H11N5S2. The molecule has 96 valence electrons.